The molecule has 0 saturated heterocycles. The number of nitrogens with zero attached hydrogens (tertiary/aromatic N) is 1. The van der Waals surface area contributed by atoms with E-state index in [1.807, 2.05) is 0 Å². The number of nitrogens with two attached hydrogens (primary N) is 1. The molecular weight excluding hydrogens is 368 g/mol. The van der Waals surface area contributed by atoms with Gasteiger partial charge in [0.25, 0.3) is 0 Å². The number of esters is 1. The lowest BCUT2D eigenvalue weighted by Crippen LogP contribution is -2.26. The van der Waals surface area contributed by atoms with Crippen molar-refractivity contribution in [2.45, 2.75) is 59.7 Å². The Bertz CT molecular complexity index is 642. The molecule has 3 N–H and O–H groups in total. The molecule has 0 aromatic carbocycles. The molecule has 1 unspecified atom stereocenters. The molecule has 8 heteroatoms. The number of carbonyl (C=O) groups is 2. The first-order valence-corrected chi connectivity index (χ1v) is 10.1. The second-order valence-electron chi connectivity index (χ2n) is 7.14. The molecule has 0 bridgehead atoms. The Morgan fingerprint density at radius 1 is 1.26 bits per heavy atom. The first kappa shape index (κ1) is 23.4. The molecule has 0 spiro atoms. The summed E-state index contributed by atoms with van der Waals surface area (Å²) < 4.78 is 10.5. The fourth-order valence-corrected chi connectivity index (χ4v) is 3.87. The summed E-state index contributed by atoms with van der Waals surface area (Å²) in [6.07, 6.45) is -0.594. The van der Waals surface area contributed by atoms with Gasteiger partial charge in [-0.25, -0.2) is 9.59 Å². The van der Waals surface area contributed by atoms with Gasteiger partial charge in [-0.1, -0.05) is 20.8 Å². The van der Waals surface area contributed by atoms with Crippen LogP contribution in [-0.2, 0) is 20.7 Å². The SMILES string of the molecule is CC(C)(C)OC(=O)c1c(N)sc2c1CCOC2C(=O)O.CCN(CC)CC. The highest BCUT2D eigenvalue weighted by atomic mass is 32.1. The third-order valence-corrected chi connectivity index (χ3v) is 5.21. The molecule has 0 radical (unpaired) electrons. The number of anilines is 1. The molecule has 0 fully saturated rings. The van der Waals surface area contributed by atoms with Gasteiger partial charge in [-0.2, -0.15) is 0 Å². The number of carbonyl (C=O) groups excluding carboxylic acids is 1. The average Bonchev–Trinajstić information content (AvgIpc) is 2.91. The van der Waals surface area contributed by atoms with E-state index in [0.717, 1.165) is 11.3 Å². The van der Waals surface area contributed by atoms with Gasteiger partial charge < -0.3 is 25.2 Å². The van der Waals surface area contributed by atoms with Crippen molar-refractivity contribution in [3.8, 4) is 0 Å². The van der Waals surface area contributed by atoms with Gasteiger partial charge in [0, 0.05) is 0 Å². The molecule has 7 nitrogen and oxygen atoms in total. The van der Waals surface area contributed by atoms with Crippen LogP contribution in [0.2, 0.25) is 0 Å². The molecule has 1 aromatic rings. The van der Waals surface area contributed by atoms with Gasteiger partial charge in [-0.3, -0.25) is 0 Å². The lowest BCUT2D eigenvalue weighted by molar-refractivity contribution is -0.151. The molecular formula is C19H32N2O5S. The van der Waals surface area contributed by atoms with Crippen molar-refractivity contribution in [3.63, 3.8) is 0 Å². The maximum atomic E-state index is 12.2. The number of fused-ring (bicyclic) bond motifs is 1. The molecule has 2 heterocycles. The first-order chi connectivity index (χ1) is 12.6. The van der Waals surface area contributed by atoms with Gasteiger partial charge in [0.15, 0.2) is 6.10 Å². The molecule has 0 saturated carbocycles. The number of hydrogen-bond acceptors (Lipinski definition) is 7. The second-order valence-corrected chi connectivity index (χ2v) is 8.23. The normalized spacial score (nSPS) is 16.3. The zero-order valence-corrected chi connectivity index (χ0v) is 17.9. The smallest absolute Gasteiger partial charge is 0.341 e. The summed E-state index contributed by atoms with van der Waals surface area (Å²) in [5.74, 6) is -1.60. The highest BCUT2D eigenvalue weighted by Crippen LogP contribution is 2.40. The molecule has 154 valence electrons. The number of thiophene rings is 1. The molecule has 1 aromatic heterocycles. The van der Waals surface area contributed by atoms with Crippen molar-refractivity contribution in [2.75, 3.05) is 32.0 Å². The number of aliphatic carboxylic acids is 1. The summed E-state index contributed by atoms with van der Waals surface area (Å²) in [7, 11) is 0. The maximum absolute atomic E-state index is 12.2. The second kappa shape index (κ2) is 10.1. The Kier molecular flexibility index (Phi) is 8.71. The van der Waals surface area contributed by atoms with Crippen LogP contribution >= 0.6 is 11.3 Å². The molecule has 1 atom stereocenters. The van der Waals surface area contributed by atoms with Crippen molar-refractivity contribution < 1.29 is 24.2 Å². The first-order valence-electron chi connectivity index (χ1n) is 9.26. The van der Waals surface area contributed by atoms with Crippen LogP contribution in [0.5, 0.6) is 0 Å². The fraction of sp³-hybridized carbons (Fsp3) is 0.684. The van der Waals surface area contributed by atoms with Crippen LogP contribution in [0.25, 0.3) is 0 Å². The maximum Gasteiger partial charge on any atom is 0.341 e. The number of carboxylic acid groups (broad SMARTS) is 1. The van der Waals surface area contributed by atoms with E-state index in [9.17, 15) is 9.59 Å². The zero-order chi connectivity index (χ0) is 20.8. The van der Waals surface area contributed by atoms with Crippen LogP contribution in [0.15, 0.2) is 0 Å². The highest BCUT2D eigenvalue weighted by molar-refractivity contribution is 7.16. The number of ether oxygens (including phenoxy) is 2. The van der Waals surface area contributed by atoms with Gasteiger partial charge in [-0.15, -0.1) is 11.3 Å². The van der Waals surface area contributed by atoms with Crippen LogP contribution < -0.4 is 5.73 Å². The largest absolute Gasteiger partial charge is 0.479 e. The summed E-state index contributed by atoms with van der Waals surface area (Å²) in [5.41, 5.74) is 6.17. The summed E-state index contributed by atoms with van der Waals surface area (Å²) in [4.78, 5) is 26.2. The standard InChI is InChI=1S/C13H17NO5S.C6H15N/c1-13(2,3)19-12(17)7-6-4-5-18-8(11(15)16)9(6)20-10(7)14;1-4-7(5-2)6-3/h8H,4-5,14H2,1-3H3,(H,15,16);4-6H2,1-3H3. The molecule has 1 aliphatic heterocycles. The number of nitrogen functional groups attached to an aromatic ring is 1. The minimum atomic E-state index is -1.08. The van der Waals surface area contributed by atoms with Crippen LogP contribution in [0.4, 0.5) is 5.00 Å². The van der Waals surface area contributed by atoms with Crippen LogP contribution in [0, 0.1) is 0 Å². The summed E-state index contributed by atoms with van der Waals surface area (Å²) >= 11 is 1.08. The Balaban J connectivity index is 0.000000445. The van der Waals surface area contributed by atoms with E-state index >= 15 is 0 Å². The van der Waals surface area contributed by atoms with Gasteiger partial charge >= 0.3 is 11.9 Å². The minimum Gasteiger partial charge on any atom is -0.479 e. The molecule has 1 aliphatic rings. The fourth-order valence-electron chi connectivity index (χ4n) is 2.72. The zero-order valence-electron chi connectivity index (χ0n) is 17.1. The van der Waals surface area contributed by atoms with Gasteiger partial charge in [0.05, 0.1) is 17.0 Å². The van der Waals surface area contributed by atoms with E-state index in [1.165, 1.54) is 19.6 Å². The Morgan fingerprint density at radius 3 is 2.22 bits per heavy atom. The average molecular weight is 401 g/mol. The van der Waals surface area contributed by atoms with Gasteiger partial charge in [0.1, 0.15) is 10.6 Å². The van der Waals surface area contributed by atoms with Crippen LogP contribution in [0.1, 0.15) is 68.4 Å². The quantitative estimate of drug-likeness (QED) is 0.731. The summed E-state index contributed by atoms with van der Waals surface area (Å²) in [6, 6.07) is 0. The number of carboxylic acids is 1. The third kappa shape index (κ3) is 6.48. The van der Waals surface area contributed by atoms with E-state index in [0.29, 0.717) is 16.9 Å². The van der Waals surface area contributed by atoms with Crippen molar-refractivity contribution >= 4 is 28.3 Å². The summed E-state index contributed by atoms with van der Waals surface area (Å²) in [5, 5.41) is 9.41. The lowest BCUT2D eigenvalue weighted by Gasteiger charge is -2.22. The van der Waals surface area contributed by atoms with Crippen LogP contribution in [0.3, 0.4) is 0 Å². The van der Waals surface area contributed by atoms with Crippen molar-refractivity contribution in [1.29, 1.82) is 0 Å². The highest BCUT2D eigenvalue weighted by Gasteiger charge is 2.35. The van der Waals surface area contributed by atoms with Crippen LogP contribution in [-0.4, -0.2) is 53.8 Å². The monoisotopic (exact) mass is 400 g/mol. The summed E-state index contributed by atoms with van der Waals surface area (Å²) in [6.45, 7) is 15.7. The molecule has 0 amide bonds. The molecule has 27 heavy (non-hydrogen) atoms. The Morgan fingerprint density at radius 2 is 1.81 bits per heavy atom. The Hall–Kier alpha value is -1.64. The topological polar surface area (TPSA) is 102 Å². The predicted molar refractivity (Wildman–Crippen MR) is 107 cm³/mol. The van der Waals surface area contributed by atoms with E-state index in [2.05, 4.69) is 25.7 Å². The lowest BCUT2D eigenvalue weighted by atomic mass is 10.0. The van der Waals surface area contributed by atoms with E-state index < -0.39 is 23.6 Å². The molecule has 2 rings (SSSR count). The number of rotatable bonds is 5. The van der Waals surface area contributed by atoms with Crippen molar-refractivity contribution in [2.24, 2.45) is 0 Å². The van der Waals surface area contributed by atoms with Gasteiger partial charge in [0.2, 0.25) is 0 Å². The minimum absolute atomic E-state index is 0.246. The Labute approximate surface area is 165 Å². The third-order valence-electron chi connectivity index (χ3n) is 4.11. The molecule has 0 aliphatic carbocycles. The predicted octanol–water partition coefficient (Wildman–Crippen LogP) is 3.33. The number of hydrogen-bond donors (Lipinski definition) is 2. The van der Waals surface area contributed by atoms with E-state index in [-0.39, 0.29) is 17.2 Å². The van der Waals surface area contributed by atoms with Crippen molar-refractivity contribution in [1.82, 2.24) is 4.90 Å². The van der Waals surface area contributed by atoms with E-state index in [1.54, 1.807) is 20.8 Å². The van der Waals surface area contributed by atoms with Crippen molar-refractivity contribution in [3.05, 3.63) is 16.0 Å². The van der Waals surface area contributed by atoms with E-state index in [4.69, 9.17) is 20.3 Å². The van der Waals surface area contributed by atoms with Gasteiger partial charge in [-0.05, 0) is 52.4 Å².